The normalized spacial score (nSPS) is 10.0. The maximum Gasteiger partial charge on any atom is 0.356 e. The van der Waals surface area contributed by atoms with E-state index >= 15 is 0 Å². The molecule has 2 heterocycles. The van der Waals surface area contributed by atoms with Crippen molar-refractivity contribution in [3.63, 3.8) is 0 Å². The smallest absolute Gasteiger partial charge is 0.356 e. The van der Waals surface area contributed by atoms with Crippen LogP contribution in [0.15, 0.2) is 29.2 Å². The second-order valence-electron chi connectivity index (χ2n) is 2.94. The van der Waals surface area contributed by atoms with Crippen molar-refractivity contribution in [1.29, 1.82) is 0 Å². The topological polar surface area (TPSA) is 101 Å². The van der Waals surface area contributed by atoms with Gasteiger partial charge in [-0.25, -0.2) is 9.78 Å². The molecule has 0 saturated carbocycles. The van der Waals surface area contributed by atoms with Crippen LogP contribution in [0.25, 0.3) is 0 Å². The summed E-state index contributed by atoms with van der Waals surface area (Å²) in [6.07, 6.45) is 4.08. The minimum Gasteiger partial charge on any atom is -0.476 e. The molecule has 0 bridgehead atoms. The number of hydrogen-bond donors (Lipinski definition) is 2. The Hall–Kier alpha value is -2.44. The average molecular weight is 220 g/mol. The summed E-state index contributed by atoms with van der Waals surface area (Å²) >= 11 is 0. The third kappa shape index (κ3) is 2.32. The lowest BCUT2D eigenvalue weighted by molar-refractivity contribution is 0.0690. The lowest BCUT2D eigenvalue weighted by Gasteiger charge is -2.02. The van der Waals surface area contributed by atoms with Crippen LogP contribution in [0, 0.1) is 0 Å². The number of rotatable bonds is 4. The van der Waals surface area contributed by atoms with Gasteiger partial charge in [-0.05, 0) is 0 Å². The Bertz CT molecular complexity index is 483. The van der Waals surface area contributed by atoms with Gasteiger partial charge in [-0.1, -0.05) is 5.16 Å². The molecule has 7 heteroatoms. The van der Waals surface area contributed by atoms with E-state index in [1.54, 1.807) is 6.07 Å². The summed E-state index contributed by atoms with van der Waals surface area (Å²) in [5, 5.41) is 15.3. The summed E-state index contributed by atoms with van der Waals surface area (Å²) in [7, 11) is 0. The maximum absolute atomic E-state index is 10.6. The highest BCUT2D eigenvalue weighted by molar-refractivity contribution is 5.85. The quantitative estimate of drug-likeness (QED) is 0.784. The van der Waals surface area contributed by atoms with E-state index in [0.717, 1.165) is 0 Å². The number of carboxylic acids is 1. The van der Waals surface area contributed by atoms with E-state index in [1.165, 1.54) is 18.7 Å². The van der Waals surface area contributed by atoms with Crippen LogP contribution in [0.2, 0.25) is 0 Å². The van der Waals surface area contributed by atoms with Gasteiger partial charge < -0.3 is 14.9 Å². The van der Waals surface area contributed by atoms with E-state index in [1.807, 2.05) is 0 Å². The molecule has 0 atom stereocenters. The molecule has 2 aromatic rings. The van der Waals surface area contributed by atoms with Crippen LogP contribution in [0.3, 0.4) is 0 Å². The second kappa shape index (κ2) is 4.39. The van der Waals surface area contributed by atoms with Crippen molar-refractivity contribution in [3.8, 4) is 0 Å². The summed E-state index contributed by atoms with van der Waals surface area (Å²) in [6, 6.07) is 1.70. The predicted octanol–water partition coefficient (Wildman–Crippen LogP) is 0.775. The summed E-state index contributed by atoms with van der Waals surface area (Å²) in [6.45, 7) is 0.397. The van der Waals surface area contributed by atoms with Gasteiger partial charge in [0.05, 0.1) is 18.9 Å². The van der Waals surface area contributed by atoms with Crippen LogP contribution in [0.5, 0.6) is 0 Å². The highest BCUT2D eigenvalue weighted by atomic mass is 16.5. The molecule has 0 aromatic carbocycles. The molecule has 2 aromatic heterocycles. The first-order valence-corrected chi connectivity index (χ1v) is 4.44. The largest absolute Gasteiger partial charge is 0.476 e. The first-order valence-electron chi connectivity index (χ1n) is 4.44. The molecule has 0 aliphatic carbocycles. The Balaban J connectivity index is 2.04. The third-order valence-corrected chi connectivity index (χ3v) is 1.80. The number of aromatic nitrogens is 3. The van der Waals surface area contributed by atoms with E-state index in [9.17, 15) is 4.79 Å². The third-order valence-electron chi connectivity index (χ3n) is 1.80. The van der Waals surface area contributed by atoms with Gasteiger partial charge in [-0.2, -0.15) is 0 Å². The van der Waals surface area contributed by atoms with Gasteiger partial charge >= 0.3 is 5.97 Å². The van der Waals surface area contributed by atoms with Crippen LogP contribution < -0.4 is 5.32 Å². The molecule has 0 unspecified atom stereocenters. The van der Waals surface area contributed by atoms with E-state index in [-0.39, 0.29) is 5.69 Å². The van der Waals surface area contributed by atoms with Crippen molar-refractivity contribution < 1.29 is 14.4 Å². The van der Waals surface area contributed by atoms with Crippen LogP contribution in [-0.2, 0) is 6.54 Å². The lowest BCUT2D eigenvalue weighted by Crippen LogP contribution is -2.06. The van der Waals surface area contributed by atoms with Gasteiger partial charge in [0.15, 0.2) is 5.69 Å². The zero-order chi connectivity index (χ0) is 11.4. The molecule has 0 fully saturated rings. The Labute approximate surface area is 90.1 Å². The molecular weight excluding hydrogens is 212 g/mol. The van der Waals surface area contributed by atoms with Crippen molar-refractivity contribution in [2.75, 3.05) is 5.32 Å². The lowest BCUT2D eigenvalue weighted by atomic mass is 10.4. The minimum absolute atomic E-state index is 0.106. The fraction of sp³-hybridized carbons (Fsp3) is 0.111. The van der Waals surface area contributed by atoms with E-state index < -0.39 is 5.97 Å². The number of aromatic carboxylic acids is 1. The number of carboxylic acid groups (broad SMARTS) is 1. The van der Waals surface area contributed by atoms with Crippen molar-refractivity contribution >= 4 is 11.8 Å². The Morgan fingerprint density at radius 2 is 2.38 bits per heavy atom. The van der Waals surface area contributed by atoms with Crippen LogP contribution in [0.4, 0.5) is 5.82 Å². The molecule has 0 amide bonds. The van der Waals surface area contributed by atoms with Crippen LogP contribution in [-0.4, -0.2) is 26.2 Å². The monoisotopic (exact) mass is 220 g/mol. The Morgan fingerprint density at radius 1 is 1.50 bits per heavy atom. The Kier molecular flexibility index (Phi) is 2.77. The first kappa shape index (κ1) is 10.1. The average Bonchev–Trinajstić information content (AvgIpc) is 2.79. The second-order valence-corrected chi connectivity index (χ2v) is 2.94. The zero-order valence-corrected chi connectivity index (χ0v) is 8.12. The number of carbonyl (C=O) groups is 1. The van der Waals surface area contributed by atoms with Crippen molar-refractivity contribution in [2.45, 2.75) is 6.54 Å². The van der Waals surface area contributed by atoms with Crippen molar-refractivity contribution in [1.82, 2.24) is 15.1 Å². The van der Waals surface area contributed by atoms with Gasteiger partial charge in [0.1, 0.15) is 17.8 Å². The number of nitrogens with zero attached hydrogens (tertiary/aromatic N) is 3. The first-order chi connectivity index (χ1) is 7.75. The Morgan fingerprint density at radius 3 is 3.06 bits per heavy atom. The van der Waals surface area contributed by atoms with Gasteiger partial charge in [0.25, 0.3) is 0 Å². The molecule has 2 N–H and O–H groups in total. The van der Waals surface area contributed by atoms with E-state index in [0.29, 0.717) is 18.1 Å². The molecule has 7 nitrogen and oxygen atoms in total. The molecule has 2 rings (SSSR count). The molecule has 0 saturated heterocycles. The molecule has 16 heavy (non-hydrogen) atoms. The van der Waals surface area contributed by atoms with Gasteiger partial charge in [0, 0.05) is 6.07 Å². The van der Waals surface area contributed by atoms with Gasteiger partial charge in [0.2, 0.25) is 0 Å². The fourth-order valence-corrected chi connectivity index (χ4v) is 1.06. The SMILES string of the molecule is O=C(O)c1cncc(NCc2ccon2)n1. The number of anilines is 1. The van der Waals surface area contributed by atoms with Crippen molar-refractivity contribution in [2.24, 2.45) is 0 Å². The summed E-state index contributed by atoms with van der Waals surface area (Å²) < 4.78 is 4.64. The molecular formula is C9H8N4O3. The maximum atomic E-state index is 10.6. The summed E-state index contributed by atoms with van der Waals surface area (Å²) in [5.41, 5.74) is 0.590. The minimum atomic E-state index is -1.11. The number of nitrogens with one attached hydrogen (secondary N) is 1. The highest BCUT2D eigenvalue weighted by Gasteiger charge is 2.06. The molecule has 0 spiro atoms. The summed E-state index contributed by atoms with van der Waals surface area (Å²) in [4.78, 5) is 18.2. The molecule has 0 radical (unpaired) electrons. The van der Waals surface area contributed by atoms with Gasteiger partial charge in [-0.3, -0.25) is 4.98 Å². The standard InChI is InChI=1S/C9H8N4O3/c14-9(15)7-4-10-5-8(12-7)11-3-6-1-2-16-13-6/h1-2,4-5H,3H2,(H,11,12)(H,14,15). The van der Waals surface area contributed by atoms with E-state index in [4.69, 9.17) is 5.11 Å². The van der Waals surface area contributed by atoms with E-state index in [2.05, 4.69) is 25.0 Å². The molecule has 82 valence electrons. The summed E-state index contributed by atoms with van der Waals surface area (Å²) in [5.74, 6) is -0.736. The molecule has 0 aliphatic rings. The fourth-order valence-electron chi connectivity index (χ4n) is 1.06. The predicted molar refractivity (Wildman–Crippen MR) is 52.8 cm³/mol. The van der Waals surface area contributed by atoms with Crippen molar-refractivity contribution in [3.05, 3.63) is 36.1 Å². The zero-order valence-electron chi connectivity index (χ0n) is 8.12. The molecule has 0 aliphatic heterocycles. The van der Waals surface area contributed by atoms with Crippen LogP contribution in [0.1, 0.15) is 16.2 Å². The van der Waals surface area contributed by atoms with Gasteiger partial charge in [-0.15, -0.1) is 0 Å². The highest BCUT2D eigenvalue weighted by Crippen LogP contribution is 2.04. The van der Waals surface area contributed by atoms with Crippen LogP contribution >= 0.6 is 0 Å². The number of hydrogen-bond acceptors (Lipinski definition) is 6.